The molecule has 0 aliphatic rings. The summed E-state index contributed by atoms with van der Waals surface area (Å²) in [4.78, 5) is -0.266. The summed E-state index contributed by atoms with van der Waals surface area (Å²) in [5, 5.41) is 2.71. The number of aryl methyl sites for hydroxylation is 4. The molecule has 33 heavy (non-hydrogen) atoms. The van der Waals surface area contributed by atoms with Crippen molar-refractivity contribution in [1.82, 2.24) is 0 Å². The van der Waals surface area contributed by atoms with Crippen LogP contribution < -0.4 is 0 Å². The smallest absolute Gasteiger partial charge is 0.744 e. The SMILES string of the molecule is Cc1ccc(S(=O)(=O)[O-])c2c(C)cccc12.Cc1ccc(S(=O)(=O)[O-])c2c(C)cccc12.[Ca+2]. The van der Waals surface area contributed by atoms with Gasteiger partial charge in [-0.15, -0.1) is 0 Å². The van der Waals surface area contributed by atoms with Crippen molar-refractivity contribution >= 4 is 79.5 Å². The quantitative estimate of drug-likeness (QED) is 0.293. The van der Waals surface area contributed by atoms with Gasteiger partial charge in [-0.05, 0) is 72.9 Å². The molecular weight excluding hydrogens is 488 g/mol. The van der Waals surface area contributed by atoms with E-state index in [1.807, 2.05) is 38.1 Å². The Balaban J connectivity index is 0.000000227. The Morgan fingerprint density at radius 1 is 0.515 bits per heavy atom. The molecule has 0 aliphatic carbocycles. The molecule has 4 aromatic rings. The first-order chi connectivity index (χ1) is 14.8. The Morgan fingerprint density at radius 3 is 1.15 bits per heavy atom. The Labute approximate surface area is 224 Å². The van der Waals surface area contributed by atoms with Crippen molar-refractivity contribution in [3.05, 3.63) is 82.9 Å². The van der Waals surface area contributed by atoms with Crippen LogP contribution in [0.4, 0.5) is 0 Å². The van der Waals surface area contributed by atoms with E-state index in [4.69, 9.17) is 0 Å². The van der Waals surface area contributed by atoms with Crippen LogP contribution in [0.3, 0.4) is 0 Å². The molecule has 0 saturated heterocycles. The van der Waals surface area contributed by atoms with E-state index in [9.17, 15) is 25.9 Å². The molecule has 0 aliphatic heterocycles. The minimum absolute atomic E-state index is 0. The van der Waals surface area contributed by atoms with Crippen molar-refractivity contribution in [2.75, 3.05) is 0 Å². The zero-order valence-corrected chi connectivity index (χ0v) is 22.6. The fraction of sp³-hybridized carbons (Fsp3) is 0.167. The molecule has 0 bridgehead atoms. The van der Waals surface area contributed by atoms with Crippen LogP contribution in [0.15, 0.2) is 70.5 Å². The van der Waals surface area contributed by atoms with Crippen LogP contribution in [0.2, 0.25) is 0 Å². The summed E-state index contributed by atoms with van der Waals surface area (Å²) in [5.74, 6) is 0. The maximum absolute atomic E-state index is 11.2. The average Bonchev–Trinajstić information content (AvgIpc) is 2.68. The van der Waals surface area contributed by atoms with Gasteiger partial charge in [0.2, 0.25) is 0 Å². The Hall–Kier alpha value is -1.52. The van der Waals surface area contributed by atoms with Gasteiger partial charge in [0.1, 0.15) is 20.2 Å². The van der Waals surface area contributed by atoms with Crippen LogP contribution >= 0.6 is 0 Å². The van der Waals surface area contributed by atoms with Crippen LogP contribution in [0.5, 0.6) is 0 Å². The summed E-state index contributed by atoms with van der Waals surface area (Å²) in [6.45, 7) is 7.39. The van der Waals surface area contributed by atoms with Gasteiger partial charge in [0.15, 0.2) is 0 Å². The van der Waals surface area contributed by atoms with Gasteiger partial charge in [-0.1, -0.05) is 48.5 Å². The average molecular weight is 511 g/mol. The molecule has 0 fully saturated rings. The Bertz CT molecular complexity index is 1440. The van der Waals surface area contributed by atoms with E-state index in [1.54, 1.807) is 38.1 Å². The second kappa shape index (κ2) is 10.4. The second-order valence-corrected chi connectivity index (χ2v) is 10.4. The second-order valence-electron chi connectivity index (χ2n) is 7.66. The fourth-order valence-corrected chi connectivity index (χ4v) is 5.32. The van der Waals surface area contributed by atoms with E-state index in [1.165, 1.54) is 12.1 Å². The monoisotopic (exact) mass is 510 g/mol. The summed E-state index contributed by atoms with van der Waals surface area (Å²) in [5.41, 5.74) is 3.53. The van der Waals surface area contributed by atoms with Gasteiger partial charge in [0.25, 0.3) is 0 Å². The van der Waals surface area contributed by atoms with Crippen molar-refractivity contribution in [3.8, 4) is 0 Å². The summed E-state index contributed by atoms with van der Waals surface area (Å²) in [6, 6.07) is 17.0. The number of benzene rings is 4. The molecule has 0 N–H and O–H groups in total. The predicted octanol–water partition coefficient (Wildman–Crippen LogP) is 4.34. The molecular formula is C24H22CaO6S2. The van der Waals surface area contributed by atoms with Gasteiger partial charge in [0.05, 0.1) is 9.79 Å². The minimum atomic E-state index is -4.42. The molecule has 0 heterocycles. The maximum Gasteiger partial charge on any atom is 2.00 e. The molecule has 0 amide bonds. The number of fused-ring (bicyclic) bond motifs is 2. The van der Waals surface area contributed by atoms with Crippen molar-refractivity contribution in [2.24, 2.45) is 0 Å². The van der Waals surface area contributed by atoms with Crippen molar-refractivity contribution in [2.45, 2.75) is 37.5 Å². The first-order valence-corrected chi connectivity index (χ1v) is 12.5. The summed E-state index contributed by atoms with van der Waals surface area (Å²) in [6.07, 6.45) is 0. The van der Waals surface area contributed by atoms with Crippen LogP contribution in [0.25, 0.3) is 21.5 Å². The number of hydrogen-bond donors (Lipinski definition) is 0. The fourth-order valence-electron chi connectivity index (χ4n) is 3.81. The maximum atomic E-state index is 11.2. The number of rotatable bonds is 2. The van der Waals surface area contributed by atoms with Gasteiger partial charge in [-0.25, -0.2) is 16.8 Å². The molecule has 4 aromatic carbocycles. The van der Waals surface area contributed by atoms with Crippen molar-refractivity contribution in [1.29, 1.82) is 0 Å². The molecule has 4 rings (SSSR count). The van der Waals surface area contributed by atoms with Crippen LogP contribution in [-0.2, 0) is 20.2 Å². The normalized spacial score (nSPS) is 11.6. The van der Waals surface area contributed by atoms with E-state index in [0.717, 1.165) is 33.0 Å². The van der Waals surface area contributed by atoms with Gasteiger partial charge in [0, 0.05) is 10.8 Å². The zero-order valence-electron chi connectivity index (χ0n) is 18.7. The molecule has 0 atom stereocenters. The largest absolute Gasteiger partial charge is 2.00 e. The topological polar surface area (TPSA) is 114 Å². The summed E-state index contributed by atoms with van der Waals surface area (Å²) >= 11 is 0. The molecule has 6 nitrogen and oxygen atoms in total. The summed E-state index contributed by atoms with van der Waals surface area (Å²) < 4.78 is 66.9. The zero-order chi connectivity index (χ0) is 23.8. The molecule has 0 saturated carbocycles. The van der Waals surface area contributed by atoms with Gasteiger partial charge >= 0.3 is 37.7 Å². The minimum Gasteiger partial charge on any atom is -0.744 e. The number of hydrogen-bond acceptors (Lipinski definition) is 6. The first kappa shape index (κ1) is 27.7. The predicted molar refractivity (Wildman–Crippen MR) is 129 cm³/mol. The van der Waals surface area contributed by atoms with E-state index in [-0.39, 0.29) is 47.5 Å². The van der Waals surface area contributed by atoms with Crippen LogP contribution in [0.1, 0.15) is 22.3 Å². The van der Waals surface area contributed by atoms with Crippen molar-refractivity contribution in [3.63, 3.8) is 0 Å². The molecule has 0 radical (unpaired) electrons. The van der Waals surface area contributed by atoms with E-state index in [0.29, 0.717) is 10.8 Å². The molecule has 0 aromatic heterocycles. The van der Waals surface area contributed by atoms with Crippen LogP contribution in [0, 0.1) is 27.7 Å². The third kappa shape index (κ3) is 5.95. The molecule has 9 heteroatoms. The van der Waals surface area contributed by atoms with E-state index in [2.05, 4.69) is 0 Å². The Morgan fingerprint density at radius 2 is 0.848 bits per heavy atom. The van der Waals surface area contributed by atoms with E-state index < -0.39 is 20.2 Å². The molecule has 0 unspecified atom stereocenters. The molecule has 0 spiro atoms. The summed E-state index contributed by atoms with van der Waals surface area (Å²) in [7, 11) is -8.84. The van der Waals surface area contributed by atoms with Gasteiger partial charge in [-0.2, -0.15) is 0 Å². The third-order valence-corrected chi connectivity index (χ3v) is 7.15. The van der Waals surface area contributed by atoms with Crippen LogP contribution in [-0.4, -0.2) is 63.7 Å². The standard InChI is InChI=1S/2C12H12O3S.Ca/c2*1-8-6-7-11(16(13,14)15)12-9(2)4-3-5-10(8)12;/h2*3-7H,1-2H3,(H,13,14,15);/q;;+2/p-2. The Kier molecular flexibility index (Phi) is 8.73. The van der Waals surface area contributed by atoms with Crippen molar-refractivity contribution < 1.29 is 25.9 Å². The molecule has 168 valence electrons. The first-order valence-electron chi connectivity index (χ1n) is 9.72. The van der Waals surface area contributed by atoms with E-state index >= 15 is 0 Å². The third-order valence-electron chi connectivity index (χ3n) is 5.40. The van der Waals surface area contributed by atoms with Gasteiger partial charge < -0.3 is 9.11 Å². The van der Waals surface area contributed by atoms with Gasteiger partial charge in [-0.3, -0.25) is 0 Å².